The fraction of sp³-hybridized carbons (Fsp3) is 0.250. The average Bonchev–Trinajstić information content (AvgIpc) is 2.61. The lowest BCUT2D eigenvalue weighted by Gasteiger charge is -2.13. The molecule has 25 heavy (non-hydrogen) atoms. The Kier molecular flexibility index (Phi) is 4.65. The van der Waals surface area contributed by atoms with Gasteiger partial charge >= 0.3 is 0 Å². The predicted octanol–water partition coefficient (Wildman–Crippen LogP) is 4.75. The Balaban J connectivity index is 1.95. The van der Waals surface area contributed by atoms with Crippen LogP contribution in [-0.2, 0) is 0 Å². The molecule has 5 nitrogen and oxygen atoms in total. The monoisotopic (exact) mass is 338 g/mol. The molecular formula is C20H22N2O3. The summed E-state index contributed by atoms with van der Waals surface area (Å²) in [4.78, 5) is 4.56. The smallest absolute Gasteiger partial charge is 0.219 e. The first-order valence-corrected chi connectivity index (χ1v) is 8.12. The van der Waals surface area contributed by atoms with Gasteiger partial charge in [0.2, 0.25) is 5.88 Å². The van der Waals surface area contributed by atoms with Crippen molar-refractivity contribution in [3.05, 3.63) is 48.0 Å². The zero-order chi connectivity index (χ0) is 18.0. The number of ether oxygens (including phenoxy) is 3. The van der Waals surface area contributed by atoms with Gasteiger partial charge in [0.05, 0.1) is 19.7 Å². The van der Waals surface area contributed by atoms with Crippen LogP contribution < -0.4 is 19.9 Å². The molecule has 3 aromatic rings. The maximum atomic E-state index is 6.02. The SMILES string of the molecule is COc1cc2ccc(Oc3ccc(N)c(C(C)C)c3)nc2cc1OC. The number of anilines is 1. The van der Waals surface area contributed by atoms with Crippen molar-refractivity contribution in [3.8, 4) is 23.1 Å². The topological polar surface area (TPSA) is 66.6 Å². The molecule has 1 aromatic heterocycles. The molecule has 2 N–H and O–H groups in total. The van der Waals surface area contributed by atoms with Crippen LogP contribution in [0.1, 0.15) is 25.3 Å². The van der Waals surface area contributed by atoms with E-state index in [9.17, 15) is 0 Å². The third-order valence-electron chi connectivity index (χ3n) is 4.07. The van der Waals surface area contributed by atoms with Crippen LogP contribution in [0.4, 0.5) is 5.69 Å². The number of aromatic nitrogens is 1. The summed E-state index contributed by atoms with van der Waals surface area (Å²) in [7, 11) is 3.22. The van der Waals surface area contributed by atoms with Crippen molar-refractivity contribution >= 4 is 16.6 Å². The lowest BCUT2D eigenvalue weighted by molar-refractivity contribution is 0.355. The number of nitrogen functional groups attached to an aromatic ring is 1. The van der Waals surface area contributed by atoms with Crippen molar-refractivity contribution in [2.75, 3.05) is 20.0 Å². The summed E-state index contributed by atoms with van der Waals surface area (Å²) in [5.41, 5.74) is 8.62. The highest BCUT2D eigenvalue weighted by Crippen LogP contribution is 2.33. The van der Waals surface area contributed by atoms with Gasteiger partial charge in [0.25, 0.3) is 0 Å². The predicted molar refractivity (Wildman–Crippen MR) is 99.9 cm³/mol. The van der Waals surface area contributed by atoms with Crippen LogP contribution in [-0.4, -0.2) is 19.2 Å². The van der Waals surface area contributed by atoms with Crippen molar-refractivity contribution in [3.63, 3.8) is 0 Å². The highest BCUT2D eigenvalue weighted by molar-refractivity contribution is 5.83. The van der Waals surface area contributed by atoms with Crippen LogP contribution in [0.2, 0.25) is 0 Å². The minimum Gasteiger partial charge on any atom is -0.493 e. The zero-order valence-electron chi connectivity index (χ0n) is 14.9. The maximum absolute atomic E-state index is 6.02. The van der Waals surface area contributed by atoms with E-state index in [1.165, 1.54) is 0 Å². The van der Waals surface area contributed by atoms with Crippen molar-refractivity contribution < 1.29 is 14.2 Å². The van der Waals surface area contributed by atoms with E-state index in [2.05, 4.69) is 18.8 Å². The second-order valence-electron chi connectivity index (χ2n) is 6.10. The number of pyridine rings is 1. The Morgan fingerprint density at radius 1 is 0.920 bits per heavy atom. The number of fused-ring (bicyclic) bond motifs is 1. The van der Waals surface area contributed by atoms with Gasteiger partial charge in [-0.1, -0.05) is 13.8 Å². The minimum absolute atomic E-state index is 0.324. The molecule has 2 aromatic carbocycles. The number of rotatable bonds is 5. The molecule has 0 unspecified atom stereocenters. The van der Waals surface area contributed by atoms with Crippen molar-refractivity contribution in [2.45, 2.75) is 19.8 Å². The van der Waals surface area contributed by atoms with E-state index in [-0.39, 0.29) is 0 Å². The summed E-state index contributed by atoms with van der Waals surface area (Å²) in [5.74, 6) is 2.86. The van der Waals surface area contributed by atoms with E-state index in [1.54, 1.807) is 14.2 Å². The van der Waals surface area contributed by atoms with Crippen LogP contribution in [0.3, 0.4) is 0 Å². The van der Waals surface area contributed by atoms with E-state index in [0.29, 0.717) is 29.0 Å². The van der Waals surface area contributed by atoms with E-state index in [4.69, 9.17) is 19.9 Å². The number of hydrogen-bond donors (Lipinski definition) is 1. The highest BCUT2D eigenvalue weighted by Gasteiger charge is 2.10. The van der Waals surface area contributed by atoms with Gasteiger partial charge in [-0.25, -0.2) is 4.98 Å². The second kappa shape index (κ2) is 6.89. The van der Waals surface area contributed by atoms with E-state index in [1.807, 2.05) is 42.5 Å². The Bertz CT molecular complexity index is 907. The van der Waals surface area contributed by atoms with Crippen LogP contribution in [0, 0.1) is 0 Å². The molecule has 0 atom stereocenters. The molecule has 0 saturated heterocycles. The maximum Gasteiger partial charge on any atom is 0.219 e. The Morgan fingerprint density at radius 2 is 1.64 bits per heavy atom. The lowest BCUT2D eigenvalue weighted by Crippen LogP contribution is -1.97. The van der Waals surface area contributed by atoms with Crippen LogP contribution in [0.5, 0.6) is 23.1 Å². The Labute approximate surface area is 147 Å². The molecule has 130 valence electrons. The number of methoxy groups -OCH3 is 2. The van der Waals surface area contributed by atoms with Crippen LogP contribution >= 0.6 is 0 Å². The molecule has 3 rings (SSSR count). The summed E-state index contributed by atoms with van der Waals surface area (Å²) in [6.45, 7) is 4.20. The third kappa shape index (κ3) is 3.45. The van der Waals surface area contributed by atoms with E-state index >= 15 is 0 Å². The molecule has 0 bridgehead atoms. The van der Waals surface area contributed by atoms with Gasteiger partial charge in [0.15, 0.2) is 11.5 Å². The number of nitrogens with two attached hydrogens (primary N) is 1. The molecule has 0 aliphatic heterocycles. The quantitative estimate of drug-likeness (QED) is 0.680. The Hall–Kier alpha value is -2.95. The molecule has 1 heterocycles. The minimum atomic E-state index is 0.324. The van der Waals surface area contributed by atoms with Gasteiger partial charge in [0.1, 0.15) is 5.75 Å². The van der Waals surface area contributed by atoms with Gasteiger partial charge in [-0.15, -0.1) is 0 Å². The van der Waals surface area contributed by atoms with E-state index in [0.717, 1.165) is 22.2 Å². The first kappa shape index (κ1) is 16.9. The third-order valence-corrected chi connectivity index (χ3v) is 4.07. The second-order valence-corrected chi connectivity index (χ2v) is 6.10. The molecule has 5 heteroatoms. The van der Waals surface area contributed by atoms with Gasteiger partial charge in [-0.05, 0) is 41.8 Å². The molecule has 0 spiro atoms. The molecule has 0 amide bonds. The Morgan fingerprint density at radius 3 is 2.32 bits per heavy atom. The van der Waals surface area contributed by atoms with Gasteiger partial charge in [0, 0.05) is 23.2 Å². The van der Waals surface area contributed by atoms with Crippen LogP contribution in [0.15, 0.2) is 42.5 Å². The summed E-state index contributed by atoms with van der Waals surface area (Å²) in [6.07, 6.45) is 0. The van der Waals surface area contributed by atoms with Crippen molar-refractivity contribution in [2.24, 2.45) is 0 Å². The summed E-state index contributed by atoms with van der Waals surface area (Å²) in [5, 5.41) is 0.949. The number of hydrogen-bond acceptors (Lipinski definition) is 5. The van der Waals surface area contributed by atoms with Gasteiger partial charge in [-0.2, -0.15) is 0 Å². The summed E-state index contributed by atoms with van der Waals surface area (Å²) < 4.78 is 16.6. The number of nitrogens with zero attached hydrogens (tertiary/aromatic N) is 1. The number of benzene rings is 2. The molecule has 0 radical (unpaired) electrons. The van der Waals surface area contributed by atoms with Crippen molar-refractivity contribution in [1.29, 1.82) is 0 Å². The lowest BCUT2D eigenvalue weighted by atomic mass is 10.0. The highest BCUT2D eigenvalue weighted by atomic mass is 16.5. The first-order chi connectivity index (χ1) is 12.0. The van der Waals surface area contributed by atoms with Crippen molar-refractivity contribution in [1.82, 2.24) is 4.98 Å². The molecular weight excluding hydrogens is 316 g/mol. The molecule has 0 saturated carbocycles. The summed E-state index contributed by atoms with van der Waals surface area (Å²) >= 11 is 0. The fourth-order valence-electron chi connectivity index (χ4n) is 2.73. The largest absolute Gasteiger partial charge is 0.493 e. The zero-order valence-corrected chi connectivity index (χ0v) is 14.9. The summed E-state index contributed by atoms with van der Waals surface area (Å²) in [6, 6.07) is 13.2. The normalized spacial score (nSPS) is 10.9. The molecule has 0 aliphatic rings. The first-order valence-electron chi connectivity index (χ1n) is 8.12. The average molecular weight is 338 g/mol. The van der Waals surface area contributed by atoms with E-state index < -0.39 is 0 Å². The van der Waals surface area contributed by atoms with Gasteiger partial charge < -0.3 is 19.9 Å². The standard InChI is InChI=1S/C20H22N2O3/c1-12(2)15-10-14(6-7-16(15)21)25-20-8-5-13-9-18(23-3)19(24-4)11-17(13)22-20/h5-12H,21H2,1-4H3. The molecule has 0 fully saturated rings. The molecule has 0 aliphatic carbocycles. The fourth-order valence-corrected chi connectivity index (χ4v) is 2.73. The van der Waals surface area contributed by atoms with Crippen LogP contribution in [0.25, 0.3) is 10.9 Å². The van der Waals surface area contributed by atoms with Gasteiger partial charge in [-0.3, -0.25) is 0 Å².